The summed E-state index contributed by atoms with van der Waals surface area (Å²) in [6.45, 7) is 8.24. The van der Waals surface area contributed by atoms with E-state index in [1.54, 1.807) is 13.2 Å². The van der Waals surface area contributed by atoms with E-state index >= 15 is 0 Å². The van der Waals surface area contributed by atoms with E-state index in [4.69, 9.17) is 4.74 Å². The highest BCUT2D eigenvalue weighted by molar-refractivity contribution is 5.78. The topological polar surface area (TPSA) is 41.6 Å². The van der Waals surface area contributed by atoms with Gasteiger partial charge in [-0.25, -0.2) is 0 Å². The molecule has 92 valence electrons. The molecule has 1 aliphatic rings. The van der Waals surface area contributed by atoms with Gasteiger partial charge in [0, 0.05) is 26.7 Å². The van der Waals surface area contributed by atoms with Crippen LogP contribution in [0.25, 0.3) is 0 Å². The van der Waals surface area contributed by atoms with E-state index in [0.717, 1.165) is 19.4 Å². The Morgan fingerprint density at radius 2 is 2.44 bits per heavy atom. The first-order chi connectivity index (χ1) is 7.61. The van der Waals surface area contributed by atoms with Gasteiger partial charge in [-0.3, -0.25) is 4.79 Å². The predicted molar refractivity (Wildman–Crippen MR) is 64.3 cm³/mol. The number of nitrogens with one attached hydrogen (secondary N) is 1. The number of hydrogen-bond acceptors (Lipinski definition) is 3. The first-order valence-electron chi connectivity index (χ1n) is 5.76. The van der Waals surface area contributed by atoms with Gasteiger partial charge >= 0.3 is 0 Å². The lowest BCUT2D eigenvalue weighted by atomic mass is 9.95. The number of hydrogen-bond donors (Lipinski definition) is 1. The Morgan fingerprint density at radius 3 is 3.06 bits per heavy atom. The molecule has 0 aliphatic carbocycles. The van der Waals surface area contributed by atoms with Gasteiger partial charge in [0.1, 0.15) is 0 Å². The van der Waals surface area contributed by atoms with Gasteiger partial charge in [0.05, 0.1) is 12.1 Å². The van der Waals surface area contributed by atoms with Crippen molar-refractivity contribution in [3.63, 3.8) is 0 Å². The van der Waals surface area contributed by atoms with Crippen molar-refractivity contribution in [3.05, 3.63) is 12.7 Å². The summed E-state index contributed by atoms with van der Waals surface area (Å²) in [5, 5.41) is 3.03. The molecule has 16 heavy (non-hydrogen) atoms. The third-order valence-electron chi connectivity index (χ3n) is 3.07. The zero-order valence-corrected chi connectivity index (χ0v) is 10.3. The molecule has 1 amide bonds. The van der Waals surface area contributed by atoms with Crippen LogP contribution in [-0.2, 0) is 9.53 Å². The quantitative estimate of drug-likeness (QED) is 0.556. The molecule has 1 heterocycles. The van der Waals surface area contributed by atoms with Gasteiger partial charge in [0.25, 0.3) is 0 Å². The van der Waals surface area contributed by atoms with E-state index in [1.165, 1.54) is 0 Å². The minimum atomic E-state index is -0.174. The van der Waals surface area contributed by atoms with Crippen LogP contribution in [0.1, 0.15) is 19.8 Å². The van der Waals surface area contributed by atoms with Crippen molar-refractivity contribution in [2.75, 3.05) is 33.3 Å². The fraction of sp³-hybridized carbons (Fsp3) is 0.750. The maximum atomic E-state index is 11.9. The molecule has 1 saturated heterocycles. The SMILES string of the molecule is C=CCNCC(=O)N1CCCC(C)(OC)C1. The van der Waals surface area contributed by atoms with Crippen LogP contribution in [-0.4, -0.2) is 49.7 Å². The maximum Gasteiger partial charge on any atom is 0.236 e. The van der Waals surface area contributed by atoms with Crippen LogP contribution in [0.2, 0.25) is 0 Å². The Labute approximate surface area is 97.6 Å². The molecule has 1 atom stereocenters. The Bertz CT molecular complexity index is 255. The normalized spacial score (nSPS) is 25.5. The molecule has 1 unspecified atom stereocenters. The van der Waals surface area contributed by atoms with Gasteiger partial charge in [-0.2, -0.15) is 0 Å². The molecule has 0 radical (unpaired) electrons. The standard InChI is InChI=1S/C12H22N2O2/c1-4-7-13-9-11(15)14-8-5-6-12(2,10-14)16-3/h4,13H,1,5-10H2,2-3H3. The van der Waals surface area contributed by atoms with Crippen LogP contribution in [0.15, 0.2) is 12.7 Å². The zero-order valence-electron chi connectivity index (χ0n) is 10.3. The number of methoxy groups -OCH3 is 1. The van der Waals surface area contributed by atoms with Crippen molar-refractivity contribution in [2.45, 2.75) is 25.4 Å². The zero-order chi connectivity index (χ0) is 12.0. The largest absolute Gasteiger partial charge is 0.377 e. The van der Waals surface area contributed by atoms with Gasteiger partial charge in [-0.1, -0.05) is 6.08 Å². The average molecular weight is 226 g/mol. The van der Waals surface area contributed by atoms with Crippen molar-refractivity contribution in [2.24, 2.45) is 0 Å². The van der Waals surface area contributed by atoms with Gasteiger partial charge < -0.3 is 15.0 Å². The number of amides is 1. The van der Waals surface area contributed by atoms with Gasteiger partial charge in [0.15, 0.2) is 0 Å². The van der Waals surface area contributed by atoms with Crippen LogP contribution in [0.3, 0.4) is 0 Å². The highest BCUT2D eigenvalue weighted by Gasteiger charge is 2.32. The molecule has 4 nitrogen and oxygen atoms in total. The number of nitrogens with zero attached hydrogens (tertiary/aromatic N) is 1. The number of carbonyl (C=O) groups is 1. The second kappa shape index (κ2) is 6.01. The summed E-state index contributed by atoms with van der Waals surface area (Å²) >= 11 is 0. The fourth-order valence-corrected chi connectivity index (χ4v) is 1.98. The van der Waals surface area contributed by atoms with Gasteiger partial charge in [-0.05, 0) is 19.8 Å². The fourth-order valence-electron chi connectivity index (χ4n) is 1.98. The minimum absolute atomic E-state index is 0.143. The number of piperidine rings is 1. The first kappa shape index (κ1) is 13.2. The molecule has 1 fully saturated rings. The van der Waals surface area contributed by atoms with Crippen molar-refractivity contribution >= 4 is 5.91 Å². The minimum Gasteiger partial charge on any atom is -0.377 e. The van der Waals surface area contributed by atoms with E-state index in [0.29, 0.717) is 19.6 Å². The number of likely N-dealkylation sites (tertiary alicyclic amines) is 1. The van der Waals surface area contributed by atoms with E-state index < -0.39 is 0 Å². The smallest absolute Gasteiger partial charge is 0.236 e. The molecule has 0 bridgehead atoms. The van der Waals surface area contributed by atoms with Crippen LogP contribution in [0.4, 0.5) is 0 Å². The number of carbonyl (C=O) groups excluding carboxylic acids is 1. The summed E-state index contributed by atoms with van der Waals surface area (Å²) in [6.07, 6.45) is 3.79. The molecular formula is C12H22N2O2. The summed E-state index contributed by atoms with van der Waals surface area (Å²) in [7, 11) is 1.71. The number of ether oxygens (including phenoxy) is 1. The van der Waals surface area contributed by atoms with Crippen molar-refractivity contribution in [1.82, 2.24) is 10.2 Å². The first-order valence-corrected chi connectivity index (χ1v) is 5.76. The highest BCUT2D eigenvalue weighted by Crippen LogP contribution is 2.23. The third kappa shape index (κ3) is 3.61. The molecule has 1 rings (SSSR count). The molecule has 0 saturated carbocycles. The van der Waals surface area contributed by atoms with Crippen molar-refractivity contribution in [3.8, 4) is 0 Å². The van der Waals surface area contributed by atoms with Crippen LogP contribution >= 0.6 is 0 Å². The molecule has 0 aromatic carbocycles. The monoisotopic (exact) mass is 226 g/mol. The molecule has 1 aliphatic heterocycles. The third-order valence-corrected chi connectivity index (χ3v) is 3.07. The Hall–Kier alpha value is -0.870. The summed E-state index contributed by atoms with van der Waals surface area (Å²) in [4.78, 5) is 13.7. The molecular weight excluding hydrogens is 204 g/mol. The second-order valence-corrected chi connectivity index (χ2v) is 4.49. The van der Waals surface area contributed by atoms with E-state index in [2.05, 4.69) is 18.8 Å². The number of rotatable bonds is 5. The van der Waals surface area contributed by atoms with E-state index in [1.807, 2.05) is 4.90 Å². The Morgan fingerprint density at radius 1 is 1.69 bits per heavy atom. The van der Waals surface area contributed by atoms with Crippen LogP contribution in [0, 0.1) is 0 Å². The lowest BCUT2D eigenvalue weighted by Crippen LogP contribution is -2.51. The van der Waals surface area contributed by atoms with Crippen molar-refractivity contribution < 1.29 is 9.53 Å². The molecule has 0 aromatic rings. The molecule has 4 heteroatoms. The average Bonchev–Trinajstić information content (AvgIpc) is 2.29. The van der Waals surface area contributed by atoms with Gasteiger partial charge in [-0.15, -0.1) is 6.58 Å². The highest BCUT2D eigenvalue weighted by atomic mass is 16.5. The molecule has 1 N–H and O–H groups in total. The lowest BCUT2D eigenvalue weighted by molar-refractivity contribution is -0.138. The predicted octanol–water partition coefficient (Wildman–Crippen LogP) is 0.789. The van der Waals surface area contributed by atoms with E-state index in [-0.39, 0.29) is 11.5 Å². The summed E-state index contributed by atoms with van der Waals surface area (Å²) in [5.41, 5.74) is -0.174. The van der Waals surface area contributed by atoms with Crippen LogP contribution in [0.5, 0.6) is 0 Å². The summed E-state index contributed by atoms with van der Waals surface area (Å²) < 4.78 is 5.45. The molecule has 0 aromatic heterocycles. The second-order valence-electron chi connectivity index (χ2n) is 4.49. The van der Waals surface area contributed by atoms with Crippen LogP contribution < -0.4 is 5.32 Å². The van der Waals surface area contributed by atoms with Gasteiger partial charge in [0.2, 0.25) is 5.91 Å². The van der Waals surface area contributed by atoms with E-state index in [9.17, 15) is 4.79 Å². The summed E-state index contributed by atoms with van der Waals surface area (Å²) in [5.74, 6) is 0.143. The maximum absolute atomic E-state index is 11.9. The van der Waals surface area contributed by atoms with Crippen molar-refractivity contribution in [1.29, 1.82) is 0 Å². The Balaban J connectivity index is 2.41. The summed E-state index contributed by atoms with van der Waals surface area (Å²) in [6, 6.07) is 0. The molecule has 0 spiro atoms. The Kier molecular flexibility index (Phi) is 4.96. The lowest BCUT2D eigenvalue weighted by Gasteiger charge is -2.39.